The van der Waals surface area contributed by atoms with E-state index in [4.69, 9.17) is 5.73 Å². The summed E-state index contributed by atoms with van der Waals surface area (Å²) in [5, 5.41) is 0. The summed E-state index contributed by atoms with van der Waals surface area (Å²) < 4.78 is 0. The highest BCUT2D eigenvalue weighted by molar-refractivity contribution is 5.93. The molecule has 2 N–H and O–H groups in total. The molecule has 0 saturated carbocycles. The first-order valence-electron chi connectivity index (χ1n) is 7.21. The summed E-state index contributed by atoms with van der Waals surface area (Å²) in [6.07, 6.45) is 3.86. The van der Waals surface area contributed by atoms with E-state index in [0.717, 1.165) is 30.5 Å². The third kappa shape index (κ3) is 4.67. The molecule has 0 bridgehead atoms. The van der Waals surface area contributed by atoms with E-state index in [1.54, 1.807) is 0 Å². The molecule has 3 nitrogen and oxygen atoms in total. The van der Waals surface area contributed by atoms with E-state index in [2.05, 4.69) is 20.8 Å². The Morgan fingerprint density at radius 1 is 1.21 bits per heavy atom. The molecule has 1 amide bonds. The van der Waals surface area contributed by atoms with Gasteiger partial charge >= 0.3 is 0 Å². The molecule has 0 spiro atoms. The summed E-state index contributed by atoms with van der Waals surface area (Å²) >= 11 is 0. The van der Waals surface area contributed by atoms with E-state index in [0.29, 0.717) is 13.0 Å². The third-order valence-electron chi connectivity index (χ3n) is 3.23. The second kappa shape index (κ2) is 7.95. The number of amides is 1. The van der Waals surface area contributed by atoms with Crippen molar-refractivity contribution in [1.82, 2.24) is 0 Å². The first-order valence-corrected chi connectivity index (χ1v) is 7.21. The topological polar surface area (TPSA) is 46.3 Å². The standard InChI is InChI=1S/C16H26N2O/c1-4-5-6-7-16(19)18(13(2)3)15-10-8-14(12-17)9-11-15/h8-11,13H,4-7,12,17H2,1-3H3. The zero-order chi connectivity index (χ0) is 14.3. The maximum Gasteiger partial charge on any atom is 0.227 e. The molecule has 0 aliphatic carbocycles. The van der Waals surface area contributed by atoms with Gasteiger partial charge < -0.3 is 10.6 Å². The predicted octanol–water partition coefficient (Wildman–Crippen LogP) is 3.47. The van der Waals surface area contributed by atoms with Crippen LogP contribution in [0, 0.1) is 0 Å². The molecule has 3 heteroatoms. The highest BCUT2D eigenvalue weighted by atomic mass is 16.2. The lowest BCUT2D eigenvalue weighted by Crippen LogP contribution is -2.36. The number of unbranched alkanes of at least 4 members (excludes halogenated alkanes) is 2. The summed E-state index contributed by atoms with van der Waals surface area (Å²) in [6.45, 7) is 6.78. The van der Waals surface area contributed by atoms with E-state index in [-0.39, 0.29) is 11.9 Å². The van der Waals surface area contributed by atoms with Crippen molar-refractivity contribution in [2.24, 2.45) is 5.73 Å². The average molecular weight is 262 g/mol. The summed E-state index contributed by atoms with van der Waals surface area (Å²) in [4.78, 5) is 14.2. The Kier molecular flexibility index (Phi) is 6.57. The van der Waals surface area contributed by atoms with Gasteiger partial charge in [0.2, 0.25) is 5.91 Å². The molecule has 1 aromatic carbocycles. The molecule has 0 aliphatic rings. The van der Waals surface area contributed by atoms with Crippen molar-refractivity contribution in [2.75, 3.05) is 4.90 Å². The third-order valence-corrected chi connectivity index (χ3v) is 3.23. The highest BCUT2D eigenvalue weighted by Gasteiger charge is 2.18. The van der Waals surface area contributed by atoms with Gasteiger partial charge in [0.05, 0.1) is 0 Å². The molecular weight excluding hydrogens is 236 g/mol. The molecule has 0 atom stereocenters. The van der Waals surface area contributed by atoms with Crippen molar-refractivity contribution in [1.29, 1.82) is 0 Å². The smallest absolute Gasteiger partial charge is 0.227 e. The highest BCUT2D eigenvalue weighted by Crippen LogP contribution is 2.20. The van der Waals surface area contributed by atoms with E-state index >= 15 is 0 Å². The molecule has 19 heavy (non-hydrogen) atoms. The quantitative estimate of drug-likeness (QED) is 0.765. The number of nitrogens with zero attached hydrogens (tertiary/aromatic N) is 1. The van der Waals surface area contributed by atoms with Crippen molar-refractivity contribution < 1.29 is 4.79 Å². The molecule has 106 valence electrons. The van der Waals surface area contributed by atoms with Crippen LogP contribution in [0.25, 0.3) is 0 Å². The van der Waals surface area contributed by atoms with Crippen LogP contribution < -0.4 is 10.6 Å². The minimum Gasteiger partial charge on any atom is -0.326 e. The van der Waals surface area contributed by atoms with Gasteiger partial charge in [-0.05, 0) is 38.0 Å². The van der Waals surface area contributed by atoms with Gasteiger partial charge in [0, 0.05) is 24.7 Å². The van der Waals surface area contributed by atoms with E-state index < -0.39 is 0 Å². The molecular formula is C16H26N2O. The number of hydrogen-bond acceptors (Lipinski definition) is 2. The lowest BCUT2D eigenvalue weighted by atomic mass is 10.1. The lowest BCUT2D eigenvalue weighted by molar-refractivity contribution is -0.119. The van der Waals surface area contributed by atoms with Crippen LogP contribution in [0.1, 0.15) is 52.0 Å². The Morgan fingerprint density at radius 3 is 2.32 bits per heavy atom. The van der Waals surface area contributed by atoms with Gasteiger partial charge in [-0.2, -0.15) is 0 Å². The number of carbonyl (C=O) groups excluding carboxylic acids is 1. The van der Waals surface area contributed by atoms with Gasteiger partial charge in [0.25, 0.3) is 0 Å². The van der Waals surface area contributed by atoms with Crippen LogP contribution >= 0.6 is 0 Å². The Morgan fingerprint density at radius 2 is 1.84 bits per heavy atom. The fourth-order valence-electron chi connectivity index (χ4n) is 2.17. The Hall–Kier alpha value is -1.35. The number of rotatable bonds is 7. The normalized spacial score (nSPS) is 10.8. The zero-order valence-electron chi connectivity index (χ0n) is 12.4. The predicted molar refractivity (Wildman–Crippen MR) is 81.1 cm³/mol. The van der Waals surface area contributed by atoms with Crippen molar-refractivity contribution in [3.05, 3.63) is 29.8 Å². The molecule has 1 rings (SSSR count). The van der Waals surface area contributed by atoms with Gasteiger partial charge in [0.15, 0.2) is 0 Å². The first-order chi connectivity index (χ1) is 9.10. The van der Waals surface area contributed by atoms with E-state index in [1.165, 1.54) is 0 Å². The monoisotopic (exact) mass is 262 g/mol. The molecule has 0 saturated heterocycles. The number of nitrogens with two attached hydrogens (primary N) is 1. The maximum absolute atomic E-state index is 12.3. The van der Waals surface area contributed by atoms with Crippen LogP contribution in [0.2, 0.25) is 0 Å². The zero-order valence-corrected chi connectivity index (χ0v) is 12.4. The maximum atomic E-state index is 12.3. The van der Waals surface area contributed by atoms with E-state index in [9.17, 15) is 4.79 Å². The summed E-state index contributed by atoms with van der Waals surface area (Å²) in [5.41, 5.74) is 7.65. The lowest BCUT2D eigenvalue weighted by Gasteiger charge is -2.27. The van der Waals surface area contributed by atoms with Crippen LogP contribution in [0.5, 0.6) is 0 Å². The summed E-state index contributed by atoms with van der Waals surface area (Å²) in [5.74, 6) is 0.212. The Balaban J connectivity index is 2.78. The van der Waals surface area contributed by atoms with Gasteiger partial charge in [-0.15, -0.1) is 0 Å². The van der Waals surface area contributed by atoms with E-state index in [1.807, 2.05) is 29.2 Å². The molecule has 1 aromatic rings. The molecule has 0 aliphatic heterocycles. The van der Waals surface area contributed by atoms with Crippen molar-refractivity contribution in [2.45, 2.75) is 59.0 Å². The molecule has 0 fully saturated rings. The number of anilines is 1. The Bertz CT molecular complexity index is 384. The van der Waals surface area contributed by atoms with Crippen molar-refractivity contribution in [3.8, 4) is 0 Å². The van der Waals surface area contributed by atoms with Crippen LogP contribution in [0.3, 0.4) is 0 Å². The molecule has 0 radical (unpaired) electrons. The van der Waals surface area contributed by atoms with Crippen LogP contribution in [-0.4, -0.2) is 11.9 Å². The number of carbonyl (C=O) groups is 1. The fraction of sp³-hybridized carbons (Fsp3) is 0.562. The molecule has 0 aromatic heterocycles. The minimum absolute atomic E-state index is 0.179. The van der Waals surface area contributed by atoms with Crippen molar-refractivity contribution in [3.63, 3.8) is 0 Å². The summed E-state index contributed by atoms with van der Waals surface area (Å²) in [7, 11) is 0. The molecule has 0 heterocycles. The van der Waals surface area contributed by atoms with Gasteiger partial charge in [-0.1, -0.05) is 31.9 Å². The fourth-order valence-corrected chi connectivity index (χ4v) is 2.17. The Labute approximate surface area is 116 Å². The van der Waals surface area contributed by atoms with Crippen LogP contribution in [0.15, 0.2) is 24.3 Å². The molecule has 0 unspecified atom stereocenters. The number of hydrogen-bond donors (Lipinski definition) is 1. The minimum atomic E-state index is 0.179. The van der Waals surface area contributed by atoms with Crippen molar-refractivity contribution >= 4 is 11.6 Å². The van der Waals surface area contributed by atoms with Crippen LogP contribution in [0.4, 0.5) is 5.69 Å². The summed E-state index contributed by atoms with van der Waals surface area (Å²) in [6, 6.07) is 8.13. The SMILES string of the molecule is CCCCCC(=O)N(c1ccc(CN)cc1)C(C)C. The largest absolute Gasteiger partial charge is 0.326 e. The van der Waals surface area contributed by atoms with Gasteiger partial charge in [-0.3, -0.25) is 4.79 Å². The van der Waals surface area contributed by atoms with Gasteiger partial charge in [-0.25, -0.2) is 0 Å². The first kappa shape index (κ1) is 15.7. The number of benzene rings is 1. The second-order valence-corrected chi connectivity index (χ2v) is 5.19. The van der Waals surface area contributed by atoms with Crippen LogP contribution in [-0.2, 0) is 11.3 Å². The van der Waals surface area contributed by atoms with Gasteiger partial charge in [0.1, 0.15) is 0 Å². The second-order valence-electron chi connectivity index (χ2n) is 5.19. The average Bonchev–Trinajstić information content (AvgIpc) is 2.39.